The molecule has 1 aliphatic rings. The number of carbonyl (C=O) groups is 1. The minimum atomic E-state index is 0.101. The minimum absolute atomic E-state index is 0.101. The van der Waals surface area contributed by atoms with Gasteiger partial charge in [-0.15, -0.1) is 0 Å². The molecule has 0 aliphatic carbocycles. The van der Waals surface area contributed by atoms with Crippen LogP contribution in [-0.4, -0.2) is 54.9 Å². The van der Waals surface area contributed by atoms with Crippen molar-refractivity contribution in [1.29, 1.82) is 0 Å². The lowest BCUT2D eigenvalue weighted by Gasteiger charge is -2.28. The molecule has 0 atom stereocenters. The van der Waals surface area contributed by atoms with Crippen molar-refractivity contribution < 1.29 is 4.79 Å². The molecule has 0 unspecified atom stereocenters. The van der Waals surface area contributed by atoms with E-state index in [-0.39, 0.29) is 12.5 Å². The summed E-state index contributed by atoms with van der Waals surface area (Å²) in [7, 11) is 2.03. The second-order valence-corrected chi connectivity index (χ2v) is 6.28. The highest BCUT2D eigenvalue weighted by Crippen LogP contribution is 2.18. The first-order valence-electron chi connectivity index (χ1n) is 8.99. The molecule has 1 N–H and O–H groups in total. The Morgan fingerprint density at radius 2 is 2.04 bits per heavy atom. The molecule has 0 spiro atoms. The zero-order chi connectivity index (χ0) is 17.4. The van der Waals surface area contributed by atoms with Crippen LogP contribution in [0.25, 0.3) is 0 Å². The van der Waals surface area contributed by atoms with E-state index in [0.29, 0.717) is 6.54 Å². The fourth-order valence-electron chi connectivity index (χ4n) is 2.92. The van der Waals surface area contributed by atoms with Gasteiger partial charge in [-0.1, -0.05) is 37.6 Å². The molecule has 5 heteroatoms. The molecule has 0 saturated carbocycles. The number of fused-ring (bicyclic) bond motifs is 1. The molecule has 1 aromatic carbocycles. The Balaban J connectivity index is 1.95. The van der Waals surface area contributed by atoms with Crippen molar-refractivity contribution >= 4 is 11.9 Å². The molecule has 0 aromatic heterocycles. The van der Waals surface area contributed by atoms with E-state index < -0.39 is 0 Å². The largest absolute Gasteiger partial charge is 0.357 e. The Morgan fingerprint density at radius 1 is 1.29 bits per heavy atom. The van der Waals surface area contributed by atoms with Gasteiger partial charge in [-0.2, -0.15) is 0 Å². The highest BCUT2D eigenvalue weighted by molar-refractivity contribution is 5.85. The number of nitrogens with zero attached hydrogens (tertiary/aromatic N) is 3. The van der Waals surface area contributed by atoms with Crippen LogP contribution in [0, 0.1) is 0 Å². The Bertz CT molecular complexity index is 570. The summed E-state index contributed by atoms with van der Waals surface area (Å²) in [6.07, 6.45) is 3.20. The maximum absolute atomic E-state index is 12.5. The van der Waals surface area contributed by atoms with Crippen molar-refractivity contribution in [1.82, 2.24) is 15.1 Å². The van der Waals surface area contributed by atoms with Crippen LogP contribution in [0.15, 0.2) is 29.3 Å². The first-order chi connectivity index (χ1) is 11.7. The highest BCUT2D eigenvalue weighted by Gasteiger charge is 2.20. The number of amides is 1. The molecule has 0 fully saturated rings. The topological polar surface area (TPSA) is 47.9 Å². The maximum atomic E-state index is 12.5. The average Bonchev–Trinajstić information content (AvgIpc) is 2.62. The smallest absolute Gasteiger partial charge is 0.244 e. The Morgan fingerprint density at radius 3 is 2.75 bits per heavy atom. The van der Waals surface area contributed by atoms with E-state index in [4.69, 9.17) is 0 Å². The molecule has 0 saturated heterocycles. The van der Waals surface area contributed by atoms with Gasteiger partial charge in [0.05, 0.1) is 0 Å². The minimum Gasteiger partial charge on any atom is -0.357 e. The fourth-order valence-corrected chi connectivity index (χ4v) is 2.92. The van der Waals surface area contributed by atoms with E-state index in [1.807, 2.05) is 24.9 Å². The molecule has 1 aliphatic heterocycles. The van der Waals surface area contributed by atoms with Crippen LogP contribution < -0.4 is 5.32 Å². The molecular formula is C19H30N4O. The second kappa shape index (κ2) is 9.30. The number of hydrogen-bond donors (Lipinski definition) is 1. The van der Waals surface area contributed by atoms with E-state index in [1.54, 1.807) is 0 Å². The van der Waals surface area contributed by atoms with E-state index >= 15 is 0 Å². The van der Waals surface area contributed by atoms with Crippen molar-refractivity contribution in [2.24, 2.45) is 4.99 Å². The standard InChI is InChI=1S/C19H30N4O/c1-4-6-12-22(3)19(20-5-2)21-14-18(24)23-13-11-16-9-7-8-10-17(16)15-23/h7-10H,4-6,11-15H2,1-3H3,(H,20,21). The zero-order valence-electron chi connectivity index (χ0n) is 15.2. The Kier molecular flexibility index (Phi) is 7.09. The van der Waals surface area contributed by atoms with Crippen molar-refractivity contribution in [3.63, 3.8) is 0 Å². The number of hydrogen-bond acceptors (Lipinski definition) is 2. The maximum Gasteiger partial charge on any atom is 0.244 e. The fraction of sp³-hybridized carbons (Fsp3) is 0.579. The summed E-state index contributed by atoms with van der Waals surface area (Å²) in [5, 5.41) is 3.27. The Labute approximate surface area is 145 Å². The van der Waals surface area contributed by atoms with Crippen LogP contribution in [-0.2, 0) is 17.8 Å². The summed E-state index contributed by atoms with van der Waals surface area (Å²) < 4.78 is 0. The molecule has 132 valence electrons. The van der Waals surface area contributed by atoms with Gasteiger partial charge in [-0.25, -0.2) is 4.99 Å². The number of benzene rings is 1. The second-order valence-electron chi connectivity index (χ2n) is 6.28. The molecular weight excluding hydrogens is 300 g/mol. The van der Waals surface area contributed by atoms with Gasteiger partial charge in [0, 0.05) is 33.2 Å². The third-order valence-corrected chi connectivity index (χ3v) is 4.39. The molecule has 0 bridgehead atoms. The monoisotopic (exact) mass is 330 g/mol. The lowest BCUT2D eigenvalue weighted by Crippen LogP contribution is -2.41. The first-order valence-corrected chi connectivity index (χ1v) is 8.99. The lowest BCUT2D eigenvalue weighted by molar-refractivity contribution is -0.130. The molecule has 5 nitrogen and oxygen atoms in total. The SMILES string of the molecule is CCCCN(C)C(=NCC(=O)N1CCc2ccccc2C1)NCC. The van der Waals surface area contributed by atoms with Crippen molar-refractivity contribution in [3.05, 3.63) is 35.4 Å². The number of nitrogens with one attached hydrogen (secondary N) is 1. The van der Waals surface area contributed by atoms with Crippen molar-refractivity contribution in [2.45, 2.75) is 39.7 Å². The normalized spacial score (nSPS) is 14.3. The van der Waals surface area contributed by atoms with Gasteiger partial charge in [-0.3, -0.25) is 4.79 Å². The van der Waals surface area contributed by atoms with E-state index in [0.717, 1.165) is 44.9 Å². The third kappa shape index (κ3) is 4.98. The van der Waals surface area contributed by atoms with Gasteiger partial charge in [0.15, 0.2) is 5.96 Å². The van der Waals surface area contributed by atoms with E-state index in [9.17, 15) is 4.79 Å². The molecule has 1 amide bonds. The number of rotatable bonds is 6. The summed E-state index contributed by atoms with van der Waals surface area (Å²) >= 11 is 0. The van der Waals surface area contributed by atoms with Crippen LogP contribution in [0.3, 0.4) is 0 Å². The molecule has 24 heavy (non-hydrogen) atoms. The van der Waals surface area contributed by atoms with E-state index in [2.05, 4.69) is 40.3 Å². The van der Waals surface area contributed by atoms with Crippen LogP contribution in [0.2, 0.25) is 0 Å². The number of guanidine groups is 1. The quantitative estimate of drug-likeness (QED) is 0.643. The summed E-state index contributed by atoms with van der Waals surface area (Å²) in [6.45, 7) is 7.68. The number of aliphatic imine (C=N–C) groups is 1. The highest BCUT2D eigenvalue weighted by atomic mass is 16.2. The van der Waals surface area contributed by atoms with Gasteiger partial charge in [-0.05, 0) is 30.9 Å². The van der Waals surface area contributed by atoms with Crippen LogP contribution in [0.1, 0.15) is 37.8 Å². The third-order valence-electron chi connectivity index (χ3n) is 4.39. The van der Waals surface area contributed by atoms with Gasteiger partial charge >= 0.3 is 0 Å². The number of carbonyl (C=O) groups excluding carboxylic acids is 1. The Hall–Kier alpha value is -2.04. The summed E-state index contributed by atoms with van der Waals surface area (Å²) in [4.78, 5) is 21.1. The van der Waals surface area contributed by atoms with Gasteiger partial charge in [0.1, 0.15) is 6.54 Å². The van der Waals surface area contributed by atoms with Gasteiger partial charge < -0.3 is 15.1 Å². The van der Waals surface area contributed by atoms with Crippen molar-refractivity contribution in [2.75, 3.05) is 33.2 Å². The predicted molar refractivity (Wildman–Crippen MR) is 99.1 cm³/mol. The summed E-state index contributed by atoms with van der Waals surface area (Å²) in [5.74, 6) is 0.917. The van der Waals surface area contributed by atoms with E-state index in [1.165, 1.54) is 11.1 Å². The van der Waals surface area contributed by atoms with Gasteiger partial charge in [0.2, 0.25) is 5.91 Å². The van der Waals surface area contributed by atoms with Crippen LogP contribution >= 0.6 is 0 Å². The lowest BCUT2D eigenvalue weighted by atomic mass is 10.00. The average molecular weight is 330 g/mol. The molecule has 1 aromatic rings. The molecule has 1 heterocycles. The molecule has 0 radical (unpaired) electrons. The summed E-state index contributed by atoms with van der Waals surface area (Å²) in [6, 6.07) is 8.37. The summed E-state index contributed by atoms with van der Waals surface area (Å²) in [5.41, 5.74) is 2.62. The zero-order valence-corrected chi connectivity index (χ0v) is 15.2. The predicted octanol–water partition coefficient (Wildman–Crippen LogP) is 2.27. The molecule has 2 rings (SSSR count). The van der Waals surface area contributed by atoms with Gasteiger partial charge in [0.25, 0.3) is 0 Å². The van der Waals surface area contributed by atoms with Crippen LogP contribution in [0.5, 0.6) is 0 Å². The van der Waals surface area contributed by atoms with Crippen LogP contribution in [0.4, 0.5) is 0 Å². The van der Waals surface area contributed by atoms with Crippen molar-refractivity contribution in [3.8, 4) is 0 Å². The number of unbranched alkanes of at least 4 members (excludes halogenated alkanes) is 1. The first kappa shape index (κ1) is 18.3.